The summed E-state index contributed by atoms with van der Waals surface area (Å²) in [7, 11) is 1.61. The molecular weight excluding hydrogens is 486 g/mol. The summed E-state index contributed by atoms with van der Waals surface area (Å²) in [5.74, 6) is 1.58. The number of hydrogen-bond acceptors (Lipinski definition) is 7. The van der Waals surface area contributed by atoms with E-state index in [4.69, 9.17) is 14.2 Å². The molecule has 0 spiro atoms. The van der Waals surface area contributed by atoms with Crippen LogP contribution >= 0.6 is 11.3 Å². The number of amides is 1. The van der Waals surface area contributed by atoms with Crippen LogP contribution in [0.5, 0.6) is 17.2 Å². The van der Waals surface area contributed by atoms with Crippen molar-refractivity contribution in [2.75, 3.05) is 25.6 Å². The zero-order valence-corrected chi connectivity index (χ0v) is 21.0. The molecule has 1 heterocycles. The van der Waals surface area contributed by atoms with E-state index >= 15 is 0 Å². The zero-order chi connectivity index (χ0) is 25.9. The number of rotatable bonds is 11. The Morgan fingerprint density at radius 2 is 1.68 bits per heavy atom. The van der Waals surface area contributed by atoms with E-state index in [2.05, 4.69) is 10.3 Å². The second kappa shape index (κ2) is 12.9. The van der Waals surface area contributed by atoms with E-state index in [1.165, 1.54) is 17.4 Å². The minimum atomic E-state index is -0.508. The van der Waals surface area contributed by atoms with Gasteiger partial charge in [-0.05, 0) is 35.9 Å². The second-order valence-corrected chi connectivity index (χ2v) is 8.66. The molecule has 3 aromatic carbocycles. The normalized spacial score (nSPS) is 10.9. The van der Waals surface area contributed by atoms with Gasteiger partial charge >= 0.3 is 0 Å². The third-order valence-corrected chi connectivity index (χ3v) is 5.99. The lowest BCUT2D eigenvalue weighted by Crippen LogP contribution is -2.13. The fourth-order valence-corrected chi connectivity index (χ4v) is 4.10. The molecule has 7 nitrogen and oxygen atoms in total. The van der Waals surface area contributed by atoms with Crippen LogP contribution in [0.4, 0.5) is 5.13 Å². The Balaban J connectivity index is 1.27. The van der Waals surface area contributed by atoms with Gasteiger partial charge < -0.3 is 14.2 Å². The maximum atomic E-state index is 12.6. The average molecular weight is 512 g/mol. The van der Waals surface area contributed by atoms with Crippen molar-refractivity contribution in [3.63, 3.8) is 0 Å². The van der Waals surface area contributed by atoms with Gasteiger partial charge in [-0.2, -0.15) is 5.26 Å². The fraction of sp³-hybridized carbons (Fsp3) is 0.138. The second-order valence-electron chi connectivity index (χ2n) is 7.80. The molecule has 0 saturated heterocycles. The van der Waals surface area contributed by atoms with E-state index in [0.717, 1.165) is 11.3 Å². The number of nitrogens with one attached hydrogen (secondary N) is 1. The third kappa shape index (κ3) is 7.19. The summed E-state index contributed by atoms with van der Waals surface area (Å²) < 4.78 is 16.8. The van der Waals surface area contributed by atoms with Gasteiger partial charge in [-0.1, -0.05) is 54.6 Å². The topological polar surface area (TPSA) is 93.5 Å². The maximum absolute atomic E-state index is 12.6. The standard InChI is InChI=1S/C29H25N3O4S/c1-34-26-10-5-6-11-27(26)36-17-7-16-35-24-14-12-21(13-15-24)18-23(19-30)28(33)32-29-31-25(20-37-29)22-8-3-2-4-9-22/h2-6,8-15,18,20H,7,16-17H2,1H3,(H,31,32,33)/b23-18-. The summed E-state index contributed by atoms with van der Waals surface area (Å²) in [5, 5.41) is 14.5. The summed E-state index contributed by atoms with van der Waals surface area (Å²) in [6, 6.07) is 26.3. The van der Waals surface area contributed by atoms with Crippen molar-refractivity contribution in [2.45, 2.75) is 6.42 Å². The van der Waals surface area contributed by atoms with E-state index in [-0.39, 0.29) is 5.57 Å². The van der Waals surface area contributed by atoms with Gasteiger partial charge in [0.15, 0.2) is 16.6 Å². The van der Waals surface area contributed by atoms with Crippen LogP contribution in [0.1, 0.15) is 12.0 Å². The first-order valence-corrected chi connectivity index (χ1v) is 12.5. The molecule has 4 rings (SSSR count). The SMILES string of the molecule is COc1ccccc1OCCCOc1ccc(/C=C(/C#N)C(=O)Nc2nc(-c3ccccc3)cs2)cc1. The van der Waals surface area contributed by atoms with E-state index < -0.39 is 5.91 Å². The highest BCUT2D eigenvalue weighted by molar-refractivity contribution is 7.14. The molecule has 0 bridgehead atoms. The number of hydrogen-bond donors (Lipinski definition) is 1. The summed E-state index contributed by atoms with van der Waals surface area (Å²) in [5.41, 5.74) is 2.42. The van der Waals surface area contributed by atoms with Crippen LogP contribution in [0.15, 0.2) is 89.8 Å². The van der Waals surface area contributed by atoms with Crippen molar-refractivity contribution < 1.29 is 19.0 Å². The third-order valence-electron chi connectivity index (χ3n) is 5.23. The maximum Gasteiger partial charge on any atom is 0.268 e. The molecule has 0 atom stereocenters. The largest absolute Gasteiger partial charge is 0.493 e. The van der Waals surface area contributed by atoms with Crippen LogP contribution in [-0.4, -0.2) is 31.2 Å². The van der Waals surface area contributed by atoms with Gasteiger partial charge in [0.1, 0.15) is 17.4 Å². The molecule has 0 fully saturated rings. The van der Waals surface area contributed by atoms with E-state index in [1.807, 2.05) is 66.0 Å². The smallest absolute Gasteiger partial charge is 0.268 e. The first kappa shape index (κ1) is 25.5. The van der Waals surface area contributed by atoms with Crippen LogP contribution in [0.3, 0.4) is 0 Å². The number of carbonyl (C=O) groups is 1. The molecule has 1 N–H and O–H groups in total. The number of nitrogens with zero attached hydrogens (tertiary/aromatic N) is 2. The van der Waals surface area contributed by atoms with Crippen molar-refractivity contribution in [3.8, 4) is 34.6 Å². The van der Waals surface area contributed by atoms with Gasteiger partial charge in [0.05, 0.1) is 26.0 Å². The Hall–Kier alpha value is -4.61. The molecule has 37 heavy (non-hydrogen) atoms. The predicted molar refractivity (Wildman–Crippen MR) is 145 cm³/mol. The van der Waals surface area contributed by atoms with E-state index in [0.29, 0.717) is 47.6 Å². The fourth-order valence-electron chi connectivity index (χ4n) is 3.38. The number of para-hydroxylation sites is 2. The lowest BCUT2D eigenvalue weighted by atomic mass is 10.1. The summed E-state index contributed by atoms with van der Waals surface area (Å²) in [4.78, 5) is 17.1. The van der Waals surface area contributed by atoms with Crippen LogP contribution in [0.25, 0.3) is 17.3 Å². The highest BCUT2D eigenvalue weighted by Gasteiger charge is 2.13. The Labute approximate surface area is 219 Å². The number of aromatic nitrogens is 1. The van der Waals surface area contributed by atoms with Crippen LogP contribution in [-0.2, 0) is 4.79 Å². The Morgan fingerprint density at radius 3 is 2.41 bits per heavy atom. The summed E-state index contributed by atoms with van der Waals surface area (Å²) in [6.45, 7) is 0.975. The lowest BCUT2D eigenvalue weighted by Gasteiger charge is -2.11. The van der Waals surface area contributed by atoms with Gasteiger partial charge in [-0.15, -0.1) is 11.3 Å². The zero-order valence-electron chi connectivity index (χ0n) is 20.2. The van der Waals surface area contributed by atoms with Gasteiger partial charge in [-0.3, -0.25) is 10.1 Å². The number of thiazole rings is 1. The molecule has 8 heteroatoms. The van der Waals surface area contributed by atoms with Crippen molar-refractivity contribution >= 4 is 28.5 Å². The minimum absolute atomic E-state index is 0.0152. The van der Waals surface area contributed by atoms with Crippen molar-refractivity contribution in [1.82, 2.24) is 4.98 Å². The predicted octanol–water partition coefficient (Wildman–Crippen LogP) is 6.21. The molecule has 1 amide bonds. The number of methoxy groups -OCH3 is 1. The van der Waals surface area contributed by atoms with Crippen molar-refractivity contribution in [2.24, 2.45) is 0 Å². The quantitative estimate of drug-likeness (QED) is 0.146. The molecule has 4 aromatic rings. The first-order valence-electron chi connectivity index (χ1n) is 11.6. The average Bonchev–Trinajstić information content (AvgIpc) is 3.41. The molecule has 0 aliphatic rings. The van der Waals surface area contributed by atoms with Gasteiger partial charge in [-0.25, -0.2) is 4.98 Å². The van der Waals surface area contributed by atoms with Crippen LogP contribution in [0.2, 0.25) is 0 Å². The molecule has 0 radical (unpaired) electrons. The van der Waals surface area contributed by atoms with Crippen LogP contribution < -0.4 is 19.5 Å². The Morgan fingerprint density at radius 1 is 0.973 bits per heavy atom. The number of benzene rings is 3. The van der Waals surface area contributed by atoms with Crippen LogP contribution in [0, 0.1) is 11.3 Å². The van der Waals surface area contributed by atoms with Gasteiger partial charge in [0.25, 0.3) is 5.91 Å². The first-order chi connectivity index (χ1) is 18.2. The molecule has 0 unspecified atom stereocenters. The van der Waals surface area contributed by atoms with Crippen molar-refractivity contribution in [1.29, 1.82) is 5.26 Å². The molecule has 0 aliphatic carbocycles. The summed E-state index contributed by atoms with van der Waals surface area (Å²) in [6.07, 6.45) is 2.23. The molecule has 1 aromatic heterocycles. The molecular formula is C29H25N3O4S. The van der Waals surface area contributed by atoms with Crippen molar-refractivity contribution in [3.05, 3.63) is 95.4 Å². The highest BCUT2D eigenvalue weighted by Crippen LogP contribution is 2.26. The number of anilines is 1. The lowest BCUT2D eigenvalue weighted by molar-refractivity contribution is -0.112. The van der Waals surface area contributed by atoms with E-state index in [9.17, 15) is 10.1 Å². The minimum Gasteiger partial charge on any atom is -0.493 e. The number of nitriles is 1. The Kier molecular flexibility index (Phi) is 8.89. The Bertz CT molecular complexity index is 1390. The molecule has 0 aliphatic heterocycles. The number of ether oxygens (including phenoxy) is 3. The highest BCUT2D eigenvalue weighted by atomic mass is 32.1. The number of carbonyl (C=O) groups excluding carboxylic acids is 1. The molecule has 0 saturated carbocycles. The summed E-state index contributed by atoms with van der Waals surface area (Å²) >= 11 is 1.31. The van der Waals surface area contributed by atoms with Gasteiger partial charge in [0.2, 0.25) is 0 Å². The monoisotopic (exact) mass is 511 g/mol. The molecule has 186 valence electrons. The van der Waals surface area contributed by atoms with Gasteiger partial charge in [0, 0.05) is 17.4 Å². The van der Waals surface area contributed by atoms with E-state index in [1.54, 1.807) is 31.4 Å².